The summed E-state index contributed by atoms with van der Waals surface area (Å²) in [5.41, 5.74) is 1.30. The van der Waals surface area contributed by atoms with E-state index in [9.17, 15) is 0 Å². The van der Waals surface area contributed by atoms with Gasteiger partial charge in [0.05, 0.1) is 0 Å². The van der Waals surface area contributed by atoms with Crippen LogP contribution in [0.1, 0.15) is 52.1 Å². The maximum Gasteiger partial charge on any atom is 0.133 e. The van der Waals surface area contributed by atoms with E-state index in [-0.39, 0.29) is 0 Å². The Morgan fingerprint density at radius 2 is 2.11 bits per heavy atom. The molecule has 1 N–H and O–H groups in total. The van der Waals surface area contributed by atoms with Gasteiger partial charge in [0.2, 0.25) is 0 Å². The summed E-state index contributed by atoms with van der Waals surface area (Å²) in [6.07, 6.45) is 4.34. The molecule has 0 saturated heterocycles. The van der Waals surface area contributed by atoms with E-state index in [1.807, 2.05) is 12.3 Å². The van der Waals surface area contributed by atoms with Crippen molar-refractivity contribution in [2.45, 2.75) is 46.6 Å². The monoisotopic (exact) mass is 249 g/mol. The van der Waals surface area contributed by atoms with E-state index in [0.717, 1.165) is 25.5 Å². The van der Waals surface area contributed by atoms with Crippen LogP contribution < -0.4 is 10.2 Å². The highest BCUT2D eigenvalue weighted by atomic mass is 15.2. The molecule has 0 aliphatic heterocycles. The molecular weight excluding hydrogens is 222 g/mol. The van der Waals surface area contributed by atoms with Crippen LogP contribution in [-0.2, 0) is 0 Å². The number of hydrogen-bond donors (Lipinski definition) is 1. The van der Waals surface area contributed by atoms with Gasteiger partial charge in [-0.2, -0.15) is 0 Å². The number of aromatic nitrogens is 1. The molecule has 3 heteroatoms. The fourth-order valence-electron chi connectivity index (χ4n) is 2.19. The third kappa shape index (κ3) is 3.98. The number of nitrogens with one attached hydrogen (secondary N) is 1. The summed E-state index contributed by atoms with van der Waals surface area (Å²) in [6, 6.07) is 4.57. The van der Waals surface area contributed by atoms with E-state index < -0.39 is 0 Å². The molecule has 0 radical (unpaired) electrons. The van der Waals surface area contributed by atoms with Gasteiger partial charge in [0.25, 0.3) is 0 Å². The average molecular weight is 249 g/mol. The largest absolute Gasteiger partial charge is 0.357 e. The summed E-state index contributed by atoms with van der Waals surface area (Å²) in [6.45, 7) is 11.9. The van der Waals surface area contributed by atoms with Gasteiger partial charge in [0, 0.05) is 30.9 Å². The van der Waals surface area contributed by atoms with Gasteiger partial charge >= 0.3 is 0 Å². The van der Waals surface area contributed by atoms with Crippen molar-refractivity contribution in [1.29, 1.82) is 0 Å². The molecule has 0 bridgehead atoms. The van der Waals surface area contributed by atoms with Gasteiger partial charge < -0.3 is 10.2 Å². The number of anilines is 1. The van der Waals surface area contributed by atoms with Gasteiger partial charge in [-0.1, -0.05) is 26.3 Å². The van der Waals surface area contributed by atoms with Crippen molar-refractivity contribution in [1.82, 2.24) is 10.3 Å². The lowest BCUT2D eigenvalue weighted by atomic mass is 10.1. The molecule has 0 spiro atoms. The van der Waals surface area contributed by atoms with E-state index in [4.69, 9.17) is 0 Å². The molecule has 0 aliphatic rings. The second-order valence-electron chi connectivity index (χ2n) is 4.63. The standard InChI is InChI=1S/C15H27N3/c1-5-8-12-18(7-3)15-14(10-9-11-17-15)13(4)16-6-2/h9-11,13,16H,5-8,12H2,1-4H3. The van der Waals surface area contributed by atoms with Crippen LogP contribution in [0.2, 0.25) is 0 Å². The first-order chi connectivity index (χ1) is 8.74. The average Bonchev–Trinajstić information content (AvgIpc) is 2.40. The maximum absolute atomic E-state index is 4.59. The van der Waals surface area contributed by atoms with Gasteiger partial charge in [-0.15, -0.1) is 0 Å². The van der Waals surface area contributed by atoms with Crippen molar-refractivity contribution < 1.29 is 0 Å². The Balaban J connectivity index is 2.91. The number of nitrogens with zero attached hydrogens (tertiary/aromatic N) is 2. The van der Waals surface area contributed by atoms with Crippen LogP contribution >= 0.6 is 0 Å². The van der Waals surface area contributed by atoms with Gasteiger partial charge in [-0.25, -0.2) is 4.98 Å². The normalized spacial score (nSPS) is 12.4. The van der Waals surface area contributed by atoms with Crippen LogP contribution in [0.3, 0.4) is 0 Å². The quantitative estimate of drug-likeness (QED) is 0.765. The first-order valence-corrected chi connectivity index (χ1v) is 7.17. The van der Waals surface area contributed by atoms with Crippen LogP contribution in [0, 0.1) is 0 Å². The molecule has 0 aromatic carbocycles. The first kappa shape index (κ1) is 15.0. The Bertz CT molecular complexity index is 338. The fraction of sp³-hybridized carbons (Fsp3) is 0.667. The molecule has 1 unspecified atom stereocenters. The highest BCUT2D eigenvalue weighted by Gasteiger charge is 2.14. The third-order valence-electron chi connectivity index (χ3n) is 3.26. The molecule has 1 heterocycles. The Morgan fingerprint density at radius 1 is 1.33 bits per heavy atom. The van der Waals surface area contributed by atoms with E-state index in [2.05, 4.69) is 49.0 Å². The van der Waals surface area contributed by atoms with E-state index >= 15 is 0 Å². The van der Waals surface area contributed by atoms with Gasteiger partial charge in [-0.05, 0) is 32.9 Å². The Labute approximate surface area is 112 Å². The molecule has 0 saturated carbocycles. The van der Waals surface area contributed by atoms with Crippen LogP contribution in [0.15, 0.2) is 18.3 Å². The Hall–Kier alpha value is -1.09. The van der Waals surface area contributed by atoms with Crippen molar-refractivity contribution in [3.63, 3.8) is 0 Å². The number of pyridine rings is 1. The molecule has 18 heavy (non-hydrogen) atoms. The molecule has 1 atom stereocenters. The fourth-order valence-corrected chi connectivity index (χ4v) is 2.19. The highest BCUT2D eigenvalue weighted by Crippen LogP contribution is 2.23. The maximum atomic E-state index is 4.59. The molecular formula is C15H27N3. The predicted molar refractivity (Wildman–Crippen MR) is 79.1 cm³/mol. The molecule has 0 amide bonds. The topological polar surface area (TPSA) is 28.2 Å². The molecule has 1 aromatic rings. The zero-order valence-electron chi connectivity index (χ0n) is 12.2. The molecule has 3 nitrogen and oxygen atoms in total. The zero-order valence-corrected chi connectivity index (χ0v) is 12.2. The summed E-state index contributed by atoms with van der Waals surface area (Å²) >= 11 is 0. The molecule has 102 valence electrons. The molecule has 1 rings (SSSR count). The Morgan fingerprint density at radius 3 is 2.72 bits per heavy atom. The van der Waals surface area contributed by atoms with Gasteiger partial charge in [-0.3, -0.25) is 0 Å². The van der Waals surface area contributed by atoms with Crippen LogP contribution in [-0.4, -0.2) is 24.6 Å². The third-order valence-corrected chi connectivity index (χ3v) is 3.26. The summed E-state index contributed by atoms with van der Waals surface area (Å²) in [4.78, 5) is 6.97. The summed E-state index contributed by atoms with van der Waals surface area (Å²) in [7, 11) is 0. The van der Waals surface area contributed by atoms with E-state index in [0.29, 0.717) is 6.04 Å². The number of unbranched alkanes of at least 4 members (excludes halogenated alkanes) is 1. The highest BCUT2D eigenvalue weighted by molar-refractivity contribution is 5.48. The van der Waals surface area contributed by atoms with E-state index in [1.54, 1.807) is 0 Å². The number of rotatable bonds is 8. The van der Waals surface area contributed by atoms with Crippen molar-refractivity contribution in [3.8, 4) is 0 Å². The molecule has 1 aromatic heterocycles. The summed E-state index contributed by atoms with van der Waals surface area (Å²) in [5, 5.41) is 3.47. The van der Waals surface area contributed by atoms with Gasteiger partial charge in [0.15, 0.2) is 0 Å². The lowest BCUT2D eigenvalue weighted by molar-refractivity contribution is 0.592. The lowest BCUT2D eigenvalue weighted by Gasteiger charge is -2.26. The van der Waals surface area contributed by atoms with Crippen LogP contribution in [0.25, 0.3) is 0 Å². The minimum absolute atomic E-state index is 0.356. The van der Waals surface area contributed by atoms with E-state index in [1.165, 1.54) is 18.4 Å². The first-order valence-electron chi connectivity index (χ1n) is 7.17. The zero-order chi connectivity index (χ0) is 13.4. The van der Waals surface area contributed by atoms with Crippen LogP contribution in [0.5, 0.6) is 0 Å². The smallest absolute Gasteiger partial charge is 0.133 e. The predicted octanol–water partition coefficient (Wildman–Crippen LogP) is 3.38. The van der Waals surface area contributed by atoms with Crippen molar-refractivity contribution in [2.24, 2.45) is 0 Å². The van der Waals surface area contributed by atoms with Gasteiger partial charge in [0.1, 0.15) is 5.82 Å². The SMILES string of the molecule is CCCCN(CC)c1ncccc1C(C)NCC. The lowest BCUT2D eigenvalue weighted by Crippen LogP contribution is -2.28. The Kier molecular flexibility index (Phi) is 6.73. The minimum atomic E-state index is 0.356. The second-order valence-corrected chi connectivity index (χ2v) is 4.63. The minimum Gasteiger partial charge on any atom is -0.357 e. The molecule has 0 aliphatic carbocycles. The summed E-state index contributed by atoms with van der Waals surface area (Å²) in [5.74, 6) is 1.14. The van der Waals surface area contributed by atoms with Crippen molar-refractivity contribution >= 4 is 5.82 Å². The van der Waals surface area contributed by atoms with Crippen molar-refractivity contribution in [3.05, 3.63) is 23.9 Å². The second kappa shape index (κ2) is 8.09. The molecule has 0 fully saturated rings. The number of hydrogen-bond acceptors (Lipinski definition) is 3. The summed E-state index contributed by atoms with van der Waals surface area (Å²) < 4.78 is 0. The van der Waals surface area contributed by atoms with Crippen molar-refractivity contribution in [2.75, 3.05) is 24.5 Å². The van der Waals surface area contributed by atoms with Crippen LogP contribution in [0.4, 0.5) is 5.82 Å².